The number of aromatic nitrogens is 3. The third kappa shape index (κ3) is 3.28. The molecule has 0 amide bonds. The normalized spacial score (nSPS) is 11.0. The van der Waals surface area contributed by atoms with E-state index in [-0.39, 0.29) is 0 Å². The molecule has 0 aliphatic carbocycles. The minimum atomic E-state index is 0.691. The summed E-state index contributed by atoms with van der Waals surface area (Å²) >= 11 is 3.38. The molecule has 0 aliphatic rings. The topological polar surface area (TPSA) is 50.7 Å². The average Bonchev–Trinajstić information content (AvgIpc) is 3.43. The molecule has 0 aliphatic heterocycles. The maximum absolute atomic E-state index is 4.88. The van der Waals surface area contributed by atoms with Gasteiger partial charge in [-0.1, -0.05) is 36.4 Å². The molecular formula is C22H16N4S2. The highest BCUT2D eigenvalue weighted by molar-refractivity contribution is 7.17. The highest BCUT2D eigenvalue weighted by atomic mass is 32.1. The first-order chi connectivity index (χ1) is 13.9. The number of fused-ring (bicyclic) bond motifs is 1. The molecule has 0 atom stereocenters. The molecule has 0 spiro atoms. The van der Waals surface area contributed by atoms with E-state index in [2.05, 4.69) is 57.5 Å². The van der Waals surface area contributed by atoms with Crippen LogP contribution in [0.15, 0.2) is 77.8 Å². The maximum atomic E-state index is 4.88. The van der Waals surface area contributed by atoms with Gasteiger partial charge in [-0.2, -0.15) is 0 Å². The number of benzene rings is 1. The van der Waals surface area contributed by atoms with Crippen molar-refractivity contribution in [3.8, 4) is 22.5 Å². The molecule has 4 nitrogen and oxygen atoms in total. The summed E-state index contributed by atoms with van der Waals surface area (Å²) in [5.74, 6) is 1.55. The van der Waals surface area contributed by atoms with Crippen LogP contribution in [0.3, 0.4) is 0 Å². The van der Waals surface area contributed by atoms with Crippen molar-refractivity contribution >= 4 is 38.7 Å². The Hall–Kier alpha value is -3.09. The second-order valence-corrected chi connectivity index (χ2v) is 8.16. The minimum Gasteiger partial charge on any atom is -0.364 e. The average molecular weight is 401 g/mol. The van der Waals surface area contributed by atoms with Crippen molar-refractivity contribution in [2.75, 3.05) is 5.32 Å². The monoisotopic (exact) mass is 400 g/mol. The third-order valence-corrected chi connectivity index (χ3v) is 6.20. The Morgan fingerprint density at radius 1 is 0.857 bits per heavy atom. The summed E-state index contributed by atoms with van der Waals surface area (Å²) in [4.78, 5) is 16.2. The highest BCUT2D eigenvalue weighted by Crippen LogP contribution is 2.38. The number of rotatable bonds is 5. The summed E-state index contributed by atoms with van der Waals surface area (Å²) in [7, 11) is 0. The fraction of sp³-hybridized carbons (Fsp3) is 0.0455. The lowest BCUT2D eigenvalue weighted by Gasteiger charge is -2.10. The van der Waals surface area contributed by atoms with E-state index < -0.39 is 0 Å². The summed E-state index contributed by atoms with van der Waals surface area (Å²) in [5, 5.41) is 8.87. The zero-order valence-corrected chi connectivity index (χ0v) is 16.5. The van der Waals surface area contributed by atoms with E-state index in [9.17, 15) is 0 Å². The molecule has 0 radical (unpaired) electrons. The van der Waals surface area contributed by atoms with Gasteiger partial charge in [0.15, 0.2) is 5.82 Å². The Bertz CT molecular complexity index is 1200. The molecule has 28 heavy (non-hydrogen) atoms. The molecule has 0 saturated carbocycles. The molecular weight excluding hydrogens is 384 g/mol. The number of pyridine rings is 1. The van der Waals surface area contributed by atoms with Crippen LogP contribution in [0.5, 0.6) is 0 Å². The molecule has 0 unspecified atom stereocenters. The molecule has 6 heteroatoms. The van der Waals surface area contributed by atoms with Crippen LogP contribution < -0.4 is 5.32 Å². The summed E-state index contributed by atoms with van der Waals surface area (Å²) in [6, 6.07) is 18.5. The number of thiophene rings is 2. The van der Waals surface area contributed by atoms with E-state index >= 15 is 0 Å². The van der Waals surface area contributed by atoms with Gasteiger partial charge in [0.05, 0.1) is 11.9 Å². The van der Waals surface area contributed by atoms with Gasteiger partial charge in [0.2, 0.25) is 0 Å². The molecule has 1 N–H and O–H groups in total. The van der Waals surface area contributed by atoms with Crippen molar-refractivity contribution in [3.05, 3.63) is 82.6 Å². The molecule has 5 rings (SSSR count). The first-order valence-corrected chi connectivity index (χ1v) is 10.7. The SMILES string of the molecule is c1ccc(-c2csc3nc(-c4cccnc4)nc(NCc4cccs4)c23)cc1. The van der Waals surface area contributed by atoms with Crippen molar-refractivity contribution in [2.24, 2.45) is 0 Å². The Kier molecular flexibility index (Phi) is 4.56. The lowest BCUT2D eigenvalue weighted by molar-refractivity contribution is 1.13. The maximum Gasteiger partial charge on any atom is 0.164 e. The van der Waals surface area contributed by atoms with E-state index in [0.29, 0.717) is 5.82 Å². The summed E-state index contributed by atoms with van der Waals surface area (Å²) in [6.07, 6.45) is 3.56. The first-order valence-electron chi connectivity index (χ1n) is 8.90. The van der Waals surface area contributed by atoms with Gasteiger partial charge in [0.25, 0.3) is 0 Å². The summed E-state index contributed by atoms with van der Waals surface area (Å²) in [5.41, 5.74) is 3.25. The van der Waals surface area contributed by atoms with E-state index in [1.807, 2.05) is 18.2 Å². The van der Waals surface area contributed by atoms with Gasteiger partial charge in [0, 0.05) is 33.8 Å². The largest absolute Gasteiger partial charge is 0.364 e. The number of nitrogens with one attached hydrogen (secondary N) is 1. The van der Waals surface area contributed by atoms with Crippen molar-refractivity contribution in [3.63, 3.8) is 0 Å². The predicted octanol–water partition coefficient (Wildman–Crippen LogP) is 6.09. The molecule has 0 bridgehead atoms. The second kappa shape index (κ2) is 7.50. The first kappa shape index (κ1) is 17.0. The Balaban J connectivity index is 1.66. The van der Waals surface area contributed by atoms with Crippen LogP contribution in [-0.4, -0.2) is 15.0 Å². The van der Waals surface area contributed by atoms with Gasteiger partial charge >= 0.3 is 0 Å². The molecule has 4 aromatic heterocycles. The number of hydrogen-bond acceptors (Lipinski definition) is 6. The Morgan fingerprint density at radius 3 is 2.54 bits per heavy atom. The van der Waals surface area contributed by atoms with Crippen LogP contribution in [0.4, 0.5) is 5.82 Å². The van der Waals surface area contributed by atoms with Crippen molar-refractivity contribution in [1.82, 2.24) is 15.0 Å². The Labute approximate surface area is 170 Å². The van der Waals surface area contributed by atoms with Crippen LogP contribution >= 0.6 is 22.7 Å². The standard InChI is InChI=1S/C22H16N4S2/c1-2-6-15(7-3-1)18-14-28-22-19(18)21(24-13-17-9-5-11-27-17)25-20(26-22)16-8-4-10-23-12-16/h1-12,14H,13H2,(H,24,25,26). The van der Waals surface area contributed by atoms with E-state index in [0.717, 1.165) is 33.7 Å². The van der Waals surface area contributed by atoms with Crippen LogP contribution in [0.2, 0.25) is 0 Å². The highest BCUT2D eigenvalue weighted by Gasteiger charge is 2.16. The van der Waals surface area contributed by atoms with E-state index in [1.165, 1.54) is 10.4 Å². The smallest absolute Gasteiger partial charge is 0.164 e. The fourth-order valence-corrected chi connectivity index (χ4v) is 4.70. The minimum absolute atomic E-state index is 0.691. The van der Waals surface area contributed by atoms with Gasteiger partial charge in [-0.3, -0.25) is 4.98 Å². The molecule has 1 aromatic carbocycles. The predicted molar refractivity (Wildman–Crippen MR) is 118 cm³/mol. The van der Waals surface area contributed by atoms with Crippen LogP contribution in [0, 0.1) is 0 Å². The third-order valence-electron chi connectivity index (χ3n) is 4.45. The van der Waals surface area contributed by atoms with Crippen LogP contribution in [-0.2, 0) is 6.54 Å². The molecule has 0 saturated heterocycles. The van der Waals surface area contributed by atoms with Gasteiger partial charge in [-0.25, -0.2) is 9.97 Å². The number of anilines is 1. The lowest BCUT2D eigenvalue weighted by atomic mass is 10.1. The van der Waals surface area contributed by atoms with E-state index in [1.54, 1.807) is 35.1 Å². The van der Waals surface area contributed by atoms with Gasteiger partial charge < -0.3 is 5.32 Å². The molecule has 136 valence electrons. The van der Waals surface area contributed by atoms with Gasteiger partial charge in [-0.15, -0.1) is 22.7 Å². The number of nitrogens with zero attached hydrogens (tertiary/aromatic N) is 3. The molecule has 5 aromatic rings. The second-order valence-electron chi connectivity index (χ2n) is 6.27. The summed E-state index contributed by atoms with van der Waals surface area (Å²) < 4.78 is 0. The quantitative estimate of drug-likeness (QED) is 0.388. The zero-order valence-electron chi connectivity index (χ0n) is 14.9. The van der Waals surface area contributed by atoms with Crippen molar-refractivity contribution < 1.29 is 0 Å². The zero-order chi connectivity index (χ0) is 18.8. The molecule has 0 fully saturated rings. The van der Waals surface area contributed by atoms with Gasteiger partial charge in [0.1, 0.15) is 10.6 Å². The Morgan fingerprint density at radius 2 is 1.75 bits per heavy atom. The number of hydrogen-bond donors (Lipinski definition) is 1. The van der Waals surface area contributed by atoms with Crippen LogP contribution in [0.25, 0.3) is 32.7 Å². The van der Waals surface area contributed by atoms with Crippen LogP contribution in [0.1, 0.15) is 4.88 Å². The van der Waals surface area contributed by atoms with Crippen molar-refractivity contribution in [1.29, 1.82) is 0 Å². The molecule has 4 heterocycles. The fourth-order valence-electron chi connectivity index (χ4n) is 3.11. The van der Waals surface area contributed by atoms with Gasteiger partial charge in [-0.05, 0) is 29.1 Å². The van der Waals surface area contributed by atoms with E-state index in [4.69, 9.17) is 9.97 Å². The lowest BCUT2D eigenvalue weighted by Crippen LogP contribution is -2.03. The van der Waals surface area contributed by atoms with Crippen molar-refractivity contribution in [2.45, 2.75) is 6.54 Å². The summed E-state index contributed by atoms with van der Waals surface area (Å²) in [6.45, 7) is 0.736.